The van der Waals surface area contributed by atoms with Crippen molar-refractivity contribution >= 4 is 35.1 Å². The Balaban J connectivity index is 1.71. The van der Waals surface area contributed by atoms with Crippen molar-refractivity contribution in [3.05, 3.63) is 87.3 Å². The molecule has 5 rings (SSSR count). The molecule has 2 aliphatic heterocycles. The van der Waals surface area contributed by atoms with E-state index in [4.69, 9.17) is 42.9 Å². The summed E-state index contributed by atoms with van der Waals surface area (Å²) in [5.41, 5.74) is -0.197. The molecular formula is C35H44Cl2N6O4. The molecule has 1 fully saturated rings. The van der Waals surface area contributed by atoms with Gasteiger partial charge in [0.1, 0.15) is 22.7 Å². The van der Waals surface area contributed by atoms with Crippen LogP contribution in [0.25, 0.3) is 0 Å². The maximum Gasteiger partial charge on any atom is 0.326 e. The molecule has 2 amide bonds. The molecule has 3 atom stereocenters. The summed E-state index contributed by atoms with van der Waals surface area (Å²) in [5, 5.41) is 20.5. The van der Waals surface area contributed by atoms with E-state index in [1.165, 1.54) is 0 Å². The van der Waals surface area contributed by atoms with Gasteiger partial charge in [0, 0.05) is 54.4 Å². The van der Waals surface area contributed by atoms with E-state index in [9.17, 15) is 10.2 Å². The number of carbonyl (C=O) groups excluding carboxylic acids is 1. The fourth-order valence-corrected chi connectivity index (χ4v) is 6.57. The minimum Gasteiger partial charge on any atom is -0.477 e. The Hall–Kier alpha value is -3.28. The maximum atomic E-state index is 15.0. The number of rotatable bonds is 8. The zero-order chi connectivity index (χ0) is 34.1. The van der Waals surface area contributed by atoms with E-state index >= 15 is 4.79 Å². The van der Waals surface area contributed by atoms with Gasteiger partial charge in [-0.3, -0.25) is 14.8 Å². The summed E-state index contributed by atoms with van der Waals surface area (Å²) in [6.07, 6.45) is 0.873. The lowest BCUT2D eigenvalue weighted by Crippen LogP contribution is -2.61. The quantitative estimate of drug-likeness (QED) is 0.324. The Bertz CT molecular complexity index is 1610. The van der Waals surface area contributed by atoms with Gasteiger partial charge in [-0.05, 0) is 56.2 Å². The van der Waals surface area contributed by atoms with Crippen molar-refractivity contribution < 1.29 is 19.7 Å². The van der Waals surface area contributed by atoms with Crippen LogP contribution in [-0.2, 0) is 16.5 Å². The van der Waals surface area contributed by atoms with Gasteiger partial charge in [-0.1, -0.05) is 68.2 Å². The lowest BCUT2D eigenvalue weighted by molar-refractivity contribution is 0.0390. The predicted molar refractivity (Wildman–Crippen MR) is 184 cm³/mol. The topological polar surface area (TPSA) is 115 Å². The van der Waals surface area contributed by atoms with Crippen molar-refractivity contribution in [2.24, 2.45) is 4.99 Å². The number of nitrogens with zero attached hydrogens (tertiary/aromatic N) is 6. The van der Waals surface area contributed by atoms with Gasteiger partial charge < -0.3 is 19.8 Å². The molecule has 0 unspecified atom stereocenters. The summed E-state index contributed by atoms with van der Waals surface area (Å²) in [6.45, 7) is 14.4. The van der Waals surface area contributed by atoms with Crippen LogP contribution in [0.3, 0.4) is 0 Å². The lowest BCUT2D eigenvalue weighted by Gasteiger charge is -2.47. The summed E-state index contributed by atoms with van der Waals surface area (Å²) >= 11 is 12.7. The van der Waals surface area contributed by atoms with Crippen molar-refractivity contribution in [2.75, 3.05) is 45.9 Å². The second-order valence-electron chi connectivity index (χ2n) is 13.4. The highest BCUT2D eigenvalue weighted by atomic mass is 35.5. The molecule has 3 heterocycles. The molecule has 47 heavy (non-hydrogen) atoms. The number of hydrogen-bond donors (Lipinski definition) is 2. The van der Waals surface area contributed by atoms with Crippen LogP contribution in [-0.4, -0.2) is 98.8 Å². The lowest BCUT2D eigenvalue weighted by atomic mass is 9.71. The Labute approximate surface area is 287 Å². The summed E-state index contributed by atoms with van der Waals surface area (Å²) in [6, 6.07) is 14.8. The van der Waals surface area contributed by atoms with E-state index in [0.717, 1.165) is 11.1 Å². The highest BCUT2D eigenvalue weighted by Crippen LogP contribution is 2.54. The van der Waals surface area contributed by atoms with Crippen LogP contribution >= 0.6 is 23.2 Å². The van der Waals surface area contributed by atoms with E-state index in [1.807, 2.05) is 99.9 Å². The molecular weight excluding hydrogens is 639 g/mol. The number of halogens is 2. The number of aliphatic hydroxyl groups is 2. The Morgan fingerprint density at radius 1 is 0.979 bits per heavy atom. The number of urea groups is 1. The first-order valence-corrected chi connectivity index (χ1v) is 16.7. The number of hydrogen-bond acceptors (Lipinski definition) is 8. The average Bonchev–Trinajstić information content (AvgIpc) is 3.29. The normalized spacial score (nSPS) is 22.7. The molecule has 2 N–H and O–H groups in total. The summed E-state index contributed by atoms with van der Waals surface area (Å²) < 4.78 is 6.13. The van der Waals surface area contributed by atoms with Crippen molar-refractivity contribution in [3.63, 3.8) is 0 Å². The van der Waals surface area contributed by atoms with Gasteiger partial charge in [0.05, 0.1) is 24.9 Å². The molecule has 0 aliphatic carbocycles. The van der Waals surface area contributed by atoms with Crippen LogP contribution in [0, 0.1) is 0 Å². The van der Waals surface area contributed by atoms with Crippen molar-refractivity contribution in [1.82, 2.24) is 24.7 Å². The third-order valence-electron chi connectivity index (χ3n) is 9.21. The number of β-amino-alcohol motifs (C(OH)–C–C–N with tert-alkyl or cyclic N) is 1. The van der Waals surface area contributed by atoms with Crippen LogP contribution in [0.15, 0.2) is 59.7 Å². The Morgan fingerprint density at radius 3 is 2.09 bits per heavy atom. The second-order valence-corrected chi connectivity index (χ2v) is 14.3. The van der Waals surface area contributed by atoms with Gasteiger partial charge in [0.25, 0.3) is 0 Å². The predicted octanol–water partition coefficient (Wildman–Crippen LogP) is 5.46. The van der Waals surface area contributed by atoms with E-state index in [1.54, 1.807) is 11.1 Å². The zero-order valence-electron chi connectivity index (χ0n) is 27.9. The van der Waals surface area contributed by atoms with Crippen molar-refractivity contribution in [1.29, 1.82) is 0 Å². The second kappa shape index (κ2) is 13.7. The third-order valence-corrected chi connectivity index (χ3v) is 9.71. The smallest absolute Gasteiger partial charge is 0.326 e. The fourth-order valence-electron chi connectivity index (χ4n) is 6.31. The zero-order valence-corrected chi connectivity index (χ0v) is 29.4. The van der Waals surface area contributed by atoms with Gasteiger partial charge in [-0.15, -0.1) is 0 Å². The number of carbonyl (C=O) groups is 1. The Morgan fingerprint density at radius 2 is 1.55 bits per heavy atom. The van der Waals surface area contributed by atoms with E-state index in [-0.39, 0.29) is 18.1 Å². The molecule has 2 aromatic carbocycles. The van der Waals surface area contributed by atoms with Crippen molar-refractivity contribution in [3.8, 4) is 5.88 Å². The molecule has 0 saturated carbocycles. The van der Waals surface area contributed by atoms with E-state index in [2.05, 4.69) is 0 Å². The van der Waals surface area contributed by atoms with Gasteiger partial charge in [-0.25, -0.2) is 9.78 Å². The molecule has 1 aromatic heterocycles. The SMILES string of the molecule is CCOc1nc(C(C)(C)C)ncc1C1=N[C@@](C)(c2ccc(Cl)cc2)[C@@](C)(c2ccc(Cl)cc2)N1C(=O)N1CCN(C[C@H](O)CO)CC1. The van der Waals surface area contributed by atoms with Crippen LogP contribution in [0.1, 0.15) is 64.1 Å². The molecule has 0 bridgehead atoms. The van der Waals surface area contributed by atoms with Crippen LogP contribution in [0.4, 0.5) is 4.79 Å². The first-order valence-electron chi connectivity index (χ1n) is 16.0. The largest absolute Gasteiger partial charge is 0.477 e. The number of amidine groups is 1. The van der Waals surface area contributed by atoms with E-state index < -0.39 is 17.2 Å². The number of piperazine rings is 1. The minimum atomic E-state index is -1.06. The number of aliphatic hydroxyl groups excluding tert-OH is 2. The number of amides is 2. The van der Waals surface area contributed by atoms with Gasteiger partial charge in [0.2, 0.25) is 5.88 Å². The van der Waals surface area contributed by atoms with Crippen molar-refractivity contribution in [2.45, 2.75) is 64.1 Å². The van der Waals surface area contributed by atoms with Gasteiger partial charge in [-0.2, -0.15) is 4.98 Å². The fraction of sp³-hybridized carbons (Fsp3) is 0.486. The molecule has 10 nitrogen and oxygen atoms in total. The highest BCUT2D eigenvalue weighted by Gasteiger charge is 2.60. The molecule has 3 aromatic rings. The third kappa shape index (κ3) is 6.71. The summed E-state index contributed by atoms with van der Waals surface area (Å²) in [4.78, 5) is 35.7. The average molecular weight is 684 g/mol. The van der Waals surface area contributed by atoms with E-state index in [0.29, 0.717) is 72.5 Å². The Kier molecular flexibility index (Phi) is 10.2. The maximum absolute atomic E-state index is 15.0. The highest BCUT2D eigenvalue weighted by molar-refractivity contribution is 6.30. The molecule has 0 radical (unpaired) electrons. The molecule has 0 spiro atoms. The molecule has 12 heteroatoms. The van der Waals surface area contributed by atoms with Gasteiger partial charge >= 0.3 is 6.03 Å². The first-order chi connectivity index (χ1) is 22.2. The molecule has 2 aliphatic rings. The minimum absolute atomic E-state index is 0.233. The summed E-state index contributed by atoms with van der Waals surface area (Å²) in [5.74, 6) is 1.36. The standard InChI is InChI=1S/C35H44Cl2N6O4/c1-7-47-30-28(20-38-31(39-30)33(2,3)4)29-40-34(5,23-8-12-25(36)13-9-23)35(6,24-10-14-26(37)15-11-24)43(29)32(46)42-18-16-41(17-19-42)21-27(45)22-44/h8-15,20,27,44-45H,7,16-19,21-22H2,1-6H3/t27-,34-,35+/m0/s1. The summed E-state index contributed by atoms with van der Waals surface area (Å²) in [7, 11) is 0. The number of aliphatic imine (C=N–C) groups is 1. The molecule has 1 saturated heterocycles. The number of ether oxygens (including phenoxy) is 1. The van der Waals surface area contributed by atoms with Gasteiger partial charge in [0.15, 0.2) is 0 Å². The van der Waals surface area contributed by atoms with Crippen LogP contribution in [0.5, 0.6) is 5.88 Å². The first kappa shape index (κ1) is 35.0. The van der Waals surface area contributed by atoms with Crippen LogP contribution < -0.4 is 4.74 Å². The monoisotopic (exact) mass is 682 g/mol. The van der Waals surface area contributed by atoms with Crippen LogP contribution in [0.2, 0.25) is 10.0 Å². The number of benzene rings is 2. The number of aromatic nitrogens is 2. The molecule has 252 valence electrons.